The molecule has 3 N–H and O–H groups in total. The van der Waals surface area contributed by atoms with Crippen molar-refractivity contribution in [2.75, 3.05) is 5.32 Å². The summed E-state index contributed by atoms with van der Waals surface area (Å²) in [7, 11) is 1.75. The third-order valence-electron chi connectivity index (χ3n) is 3.31. The van der Waals surface area contributed by atoms with Crippen molar-refractivity contribution >= 4 is 27.8 Å². The van der Waals surface area contributed by atoms with Gasteiger partial charge in [0.25, 0.3) is 0 Å². The number of phenols is 1. The molecule has 0 bridgehead atoms. The molecule has 0 radical (unpaired) electrons. The third kappa shape index (κ3) is 5.75. The van der Waals surface area contributed by atoms with Crippen LogP contribution in [0.25, 0.3) is 0 Å². The summed E-state index contributed by atoms with van der Waals surface area (Å²) >= 11 is 3.39. The van der Waals surface area contributed by atoms with E-state index in [1.807, 2.05) is 26.8 Å². The lowest BCUT2D eigenvalue weighted by atomic mass is 10.2. The van der Waals surface area contributed by atoms with Gasteiger partial charge in [0.15, 0.2) is 0 Å². The fourth-order valence-corrected chi connectivity index (χ4v) is 2.61. The molecule has 1 heterocycles. The van der Waals surface area contributed by atoms with E-state index in [4.69, 9.17) is 4.74 Å². The number of benzene rings is 1. The van der Waals surface area contributed by atoms with E-state index in [9.17, 15) is 9.90 Å². The van der Waals surface area contributed by atoms with Crippen LogP contribution in [0, 0.1) is 0 Å². The van der Waals surface area contributed by atoms with Crippen molar-refractivity contribution in [3.05, 3.63) is 40.0 Å². The summed E-state index contributed by atoms with van der Waals surface area (Å²) in [4.78, 5) is 12.0. The van der Waals surface area contributed by atoms with E-state index >= 15 is 0 Å². The zero-order valence-corrected chi connectivity index (χ0v) is 16.3. The standard InChI is InChI=1S/C17H23BrN4O3/c1-17(2,3)25-16(24)21-15-12(10-20-22(15)4)9-19-8-11-7-13(18)5-6-14(11)23/h5-7,10,19,23H,8-9H2,1-4H3,(H,21,24). The van der Waals surface area contributed by atoms with Crippen LogP contribution in [-0.2, 0) is 24.9 Å². The molecule has 8 heteroatoms. The summed E-state index contributed by atoms with van der Waals surface area (Å²) < 4.78 is 7.75. The van der Waals surface area contributed by atoms with Gasteiger partial charge in [0.05, 0.1) is 6.20 Å². The molecule has 25 heavy (non-hydrogen) atoms. The quantitative estimate of drug-likeness (QED) is 0.701. The Balaban J connectivity index is 1.99. The first-order valence-electron chi connectivity index (χ1n) is 7.84. The van der Waals surface area contributed by atoms with Gasteiger partial charge in [-0.1, -0.05) is 15.9 Å². The Morgan fingerprint density at radius 2 is 2.00 bits per heavy atom. The summed E-state index contributed by atoms with van der Waals surface area (Å²) in [5.41, 5.74) is 1.03. The molecular formula is C17H23BrN4O3. The van der Waals surface area contributed by atoms with Gasteiger partial charge < -0.3 is 15.2 Å². The number of rotatable bonds is 5. The van der Waals surface area contributed by atoms with Gasteiger partial charge in [0.2, 0.25) is 0 Å². The molecule has 2 aromatic rings. The van der Waals surface area contributed by atoms with Crippen LogP contribution in [0.5, 0.6) is 5.75 Å². The van der Waals surface area contributed by atoms with Gasteiger partial charge in [-0.2, -0.15) is 5.10 Å². The van der Waals surface area contributed by atoms with Crippen molar-refractivity contribution in [2.24, 2.45) is 7.05 Å². The molecule has 0 fully saturated rings. The van der Waals surface area contributed by atoms with E-state index in [1.54, 1.807) is 30.1 Å². The Hall–Kier alpha value is -2.06. The number of nitrogens with one attached hydrogen (secondary N) is 2. The van der Waals surface area contributed by atoms with E-state index in [2.05, 4.69) is 31.7 Å². The first-order valence-corrected chi connectivity index (χ1v) is 8.64. The molecule has 0 atom stereocenters. The van der Waals surface area contributed by atoms with E-state index in [-0.39, 0.29) is 5.75 Å². The van der Waals surface area contributed by atoms with E-state index < -0.39 is 11.7 Å². The first kappa shape index (κ1) is 19.3. The van der Waals surface area contributed by atoms with Crippen molar-refractivity contribution in [3.8, 4) is 5.75 Å². The lowest BCUT2D eigenvalue weighted by molar-refractivity contribution is 0.0634. The highest BCUT2D eigenvalue weighted by Gasteiger charge is 2.19. The number of ether oxygens (including phenoxy) is 1. The first-order chi connectivity index (χ1) is 11.7. The molecule has 0 aliphatic rings. The topological polar surface area (TPSA) is 88.4 Å². The van der Waals surface area contributed by atoms with Gasteiger partial charge in [-0.25, -0.2) is 4.79 Å². The molecule has 0 unspecified atom stereocenters. The largest absolute Gasteiger partial charge is 0.508 e. The summed E-state index contributed by atoms with van der Waals surface area (Å²) in [6.45, 7) is 6.38. The highest BCUT2D eigenvalue weighted by Crippen LogP contribution is 2.22. The summed E-state index contributed by atoms with van der Waals surface area (Å²) in [6.07, 6.45) is 1.16. The SMILES string of the molecule is Cn1ncc(CNCc2cc(Br)ccc2O)c1NC(=O)OC(C)(C)C. The molecule has 0 aliphatic heterocycles. The molecule has 7 nitrogen and oxygen atoms in total. The Labute approximate surface area is 155 Å². The zero-order valence-electron chi connectivity index (χ0n) is 14.8. The summed E-state index contributed by atoms with van der Waals surface area (Å²) in [6, 6.07) is 5.27. The monoisotopic (exact) mass is 410 g/mol. The number of aromatic nitrogens is 2. The van der Waals surface area contributed by atoms with Gasteiger partial charge in [-0.3, -0.25) is 10.00 Å². The second kappa shape index (κ2) is 7.88. The highest BCUT2D eigenvalue weighted by atomic mass is 79.9. The minimum atomic E-state index is -0.570. The predicted molar refractivity (Wildman–Crippen MR) is 99.4 cm³/mol. The van der Waals surface area contributed by atoms with E-state index in [0.29, 0.717) is 18.9 Å². The molecule has 0 saturated carbocycles. The van der Waals surface area contributed by atoms with Crippen LogP contribution in [-0.4, -0.2) is 26.6 Å². The average Bonchev–Trinajstić information content (AvgIpc) is 2.82. The Bertz CT molecular complexity index is 753. The van der Waals surface area contributed by atoms with E-state index in [1.165, 1.54) is 0 Å². The summed E-state index contributed by atoms with van der Waals surface area (Å²) in [5, 5.41) is 20.0. The minimum Gasteiger partial charge on any atom is -0.508 e. The number of hydrogen-bond acceptors (Lipinski definition) is 5. The van der Waals surface area contributed by atoms with Crippen molar-refractivity contribution < 1.29 is 14.6 Å². The zero-order chi connectivity index (χ0) is 18.6. The number of halogens is 1. The van der Waals surface area contributed by atoms with Crippen LogP contribution in [0.1, 0.15) is 31.9 Å². The summed E-state index contributed by atoms with van der Waals surface area (Å²) in [5.74, 6) is 0.800. The number of nitrogens with zero attached hydrogens (tertiary/aromatic N) is 2. The Kier molecular flexibility index (Phi) is 6.07. The second-order valence-electron chi connectivity index (χ2n) is 6.65. The van der Waals surface area contributed by atoms with Crippen LogP contribution in [0.2, 0.25) is 0 Å². The van der Waals surface area contributed by atoms with Gasteiger partial charge in [0.1, 0.15) is 17.2 Å². The molecule has 2 rings (SSSR count). The van der Waals surface area contributed by atoms with Crippen LogP contribution >= 0.6 is 15.9 Å². The molecule has 136 valence electrons. The fraction of sp³-hybridized carbons (Fsp3) is 0.412. The lowest BCUT2D eigenvalue weighted by Crippen LogP contribution is -2.28. The van der Waals surface area contributed by atoms with Crippen molar-refractivity contribution in [1.82, 2.24) is 15.1 Å². The molecule has 0 saturated heterocycles. The van der Waals surface area contributed by atoms with Gasteiger partial charge in [0, 0.05) is 35.7 Å². The maximum absolute atomic E-state index is 12.0. The number of carbonyl (C=O) groups excluding carboxylic acids is 1. The third-order valence-corrected chi connectivity index (χ3v) is 3.80. The van der Waals surface area contributed by atoms with Crippen LogP contribution in [0.3, 0.4) is 0 Å². The van der Waals surface area contributed by atoms with Crippen LogP contribution < -0.4 is 10.6 Å². The number of hydrogen-bond donors (Lipinski definition) is 3. The van der Waals surface area contributed by atoms with Crippen LogP contribution in [0.4, 0.5) is 10.6 Å². The maximum atomic E-state index is 12.0. The molecule has 0 spiro atoms. The molecule has 1 aromatic carbocycles. The lowest BCUT2D eigenvalue weighted by Gasteiger charge is -2.20. The molecular weight excluding hydrogens is 388 g/mol. The molecule has 1 amide bonds. The van der Waals surface area contributed by atoms with E-state index in [0.717, 1.165) is 15.6 Å². The Morgan fingerprint density at radius 3 is 2.68 bits per heavy atom. The fourth-order valence-electron chi connectivity index (χ4n) is 2.20. The highest BCUT2D eigenvalue weighted by molar-refractivity contribution is 9.10. The molecule has 1 aromatic heterocycles. The number of carbonyl (C=O) groups is 1. The van der Waals surface area contributed by atoms with Crippen molar-refractivity contribution in [2.45, 2.75) is 39.5 Å². The van der Waals surface area contributed by atoms with Gasteiger partial charge in [-0.05, 0) is 39.0 Å². The van der Waals surface area contributed by atoms with Crippen molar-refractivity contribution in [3.63, 3.8) is 0 Å². The average molecular weight is 411 g/mol. The second-order valence-corrected chi connectivity index (χ2v) is 7.56. The number of phenolic OH excluding ortho intramolecular Hbond substituents is 1. The van der Waals surface area contributed by atoms with Gasteiger partial charge in [-0.15, -0.1) is 0 Å². The number of aromatic hydroxyl groups is 1. The number of aryl methyl sites for hydroxylation is 1. The number of anilines is 1. The van der Waals surface area contributed by atoms with Gasteiger partial charge >= 0.3 is 6.09 Å². The smallest absolute Gasteiger partial charge is 0.413 e. The minimum absolute atomic E-state index is 0.231. The normalized spacial score (nSPS) is 11.4. The molecule has 0 aliphatic carbocycles. The maximum Gasteiger partial charge on any atom is 0.413 e. The number of amides is 1. The van der Waals surface area contributed by atoms with Crippen molar-refractivity contribution in [1.29, 1.82) is 0 Å². The van der Waals surface area contributed by atoms with Crippen LogP contribution in [0.15, 0.2) is 28.9 Å². The predicted octanol–water partition coefficient (Wildman–Crippen LogP) is 3.53. The Morgan fingerprint density at radius 1 is 1.32 bits per heavy atom.